The van der Waals surface area contributed by atoms with Crippen molar-refractivity contribution < 1.29 is 9.15 Å². The van der Waals surface area contributed by atoms with Gasteiger partial charge in [-0.2, -0.15) is 5.26 Å². The van der Waals surface area contributed by atoms with Gasteiger partial charge in [0.25, 0.3) is 0 Å². The number of rotatable bonds is 4. The number of likely N-dealkylation sites (tertiary alicyclic amines) is 1. The Hall–Kier alpha value is -2.84. The van der Waals surface area contributed by atoms with Crippen molar-refractivity contribution in [2.45, 2.75) is 32.4 Å². The number of pyridine rings is 1. The zero-order chi connectivity index (χ0) is 18.1. The van der Waals surface area contributed by atoms with Gasteiger partial charge >= 0.3 is 0 Å². The molecule has 0 amide bonds. The number of nitriles is 1. The van der Waals surface area contributed by atoms with E-state index >= 15 is 0 Å². The van der Waals surface area contributed by atoms with Crippen molar-refractivity contribution in [3.63, 3.8) is 0 Å². The van der Waals surface area contributed by atoms with Gasteiger partial charge in [-0.3, -0.25) is 9.88 Å². The molecule has 1 aromatic carbocycles. The normalized spacial score (nSPS) is 17.7. The number of hydrogen-bond donors (Lipinski definition) is 0. The molecule has 5 nitrogen and oxygen atoms in total. The van der Waals surface area contributed by atoms with Gasteiger partial charge in [-0.1, -0.05) is 6.07 Å². The minimum absolute atomic E-state index is 0.132. The van der Waals surface area contributed by atoms with Gasteiger partial charge in [0, 0.05) is 37.0 Å². The Labute approximate surface area is 152 Å². The molecule has 5 heteroatoms. The molecule has 1 unspecified atom stereocenters. The molecule has 1 atom stereocenters. The van der Waals surface area contributed by atoms with Crippen molar-refractivity contribution in [3.8, 4) is 22.9 Å². The Morgan fingerprint density at radius 2 is 2.19 bits per heavy atom. The standard InChI is InChI=1S/C21H21N3O2/c1-14(2)24-9-6-17(13-24)26-20-4-3-15(11-16(20)12-22)18-5-8-23-19-7-10-25-21(18)19/h3-5,7-8,10-11,14,17H,6,9,13H2,1-2H3. The second kappa shape index (κ2) is 6.81. The van der Waals surface area contributed by atoms with Crippen LogP contribution in [0, 0.1) is 11.3 Å². The van der Waals surface area contributed by atoms with Crippen LogP contribution in [0.2, 0.25) is 0 Å². The molecule has 1 aliphatic rings. The Bertz CT molecular complexity index is 971. The van der Waals surface area contributed by atoms with Crippen molar-refractivity contribution in [1.82, 2.24) is 9.88 Å². The summed E-state index contributed by atoms with van der Waals surface area (Å²) in [5.74, 6) is 0.650. The SMILES string of the molecule is CC(C)N1CCC(Oc2ccc(-c3ccnc4ccoc34)cc2C#N)C1. The summed E-state index contributed by atoms with van der Waals surface area (Å²) in [6, 6.07) is 12.3. The number of hydrogen-bond acceptors (Lipinski definition) is 5. The molecule has 26 heavy (non-hydrogen) atoms. The van der Waals surface area contributed by atoms with Crippen molar-refractivity contribution >= 4 is 11.1 Å². The van der Waals surface area contributed by atoms with Crippen LogP contribution in [0.3, 0.4) is 0 Å². The van der Waals surface area contributed by atoms with Crippen LogP contribution in [0.4, 0.5) is 0 Å². The van der Waals surface area contributed by atoms with Crippen molar-refractivity contribution in [3.05, 3.63) is 48.4 Å². The van der Waals surface area contributed by atoms with Crippen LogP contribution in [0.1, 0.15) is 25.8 Å². The molecule has 132 valence electrons. The molecule has 0 N–H and O–H groups in total. The van der Waals surface area contributed by atoms with E-state index in [-0.39, 0.29) is 6.10 Å². The predicted octanol–water partition coefficient (Wildman–Crippen LogP) is 4.23. The highest BCUT2D eigenvalue weighted by atomic mass is 16.5. The first-order valence-electron chi connectivity index (χ1n) is 8.93. The molecule has 1 fully saturated rings. The third kappa shape index (κ3) is 3.04. The first kappa shape index (κ1) is 16.6. The van der Waals surface area contributed by atoms with Gasteiger partial charge in [-0.15, -0.1) is 0 Å². The molecule has 1 saturated heterocycles. The minimum atomic E-state index is 0.132. The summed E-state index contributed by atoms with van der Waals surface area (Å²) in [7, 11) is 0. The van der Waals surface area contributed by atoms with E-state index in [9.17, 15) is 5.26 Å². The second-order valence-electron chi connectivity index (χ2n) is 6.93. The maximum absolute atomic E-state index is 9.60. The molecule has 1 aliphatic heterocycles. The van der Waals surface area contributed by atoms with Gasteiger partial charge < -0.3 is 9.15 Å². The molecule has 0 aliphatic carbocycles. The second-order valence-corrected chi connectivity index (χ2v) is 6.93. The summed E-state index contributed by atoms with van der Waals surface area (Å²) in [5.41, 5.74) is 3.93. The lowest BCUT2D eigenvalue weighted by Gasteiger charge is -2.20. The minimum Gasteiger partial charge on any atom is -0.488 e. The summed E-state index contributed by atoms with van der Waals surface area (Å²) in [5, 5.41) is 9.60. The third-order valence-electron chi connectivity index (χ3n) is 4.96. The van der Waals surface area contributed by atoms with Crippen LogP contribution >= 0.6 is 0 Å². The fourth-order valence-electron chi connectivity index (χ4n) is 3.49. The van der Waals surface area contributed by atoms with E-state index in [0.29, 0.717) is 17.4 Å². The summed E-state index contributed by atoms with van der Waals surface area (Å²) < 4.78 is 11.7. The van der Waals surface area contributed by atoms with Crippen LogP contribution < -0.4 is 4.74 Å². The molecular formula is C21H21N3O2. The van der Waals surface area contributed by atoms with Crippen LogP contribution in [-0.4, -0.2) is 35.1 Å². The monoisotopic (exact) mass is 347 g/mol. The Balaban J connectivity index is 1.61. The molecular weight excluding hydrogens is 326 g/mol. The van der Waals surface area contributed by atoms with E-state index in [1.807, 2.05) is 30.3 Å². The van der Waals surface area contributed by atoms with E-state index in [2.05, 4.69) is 29.8 Å². The number of benzene rings is 1. The van der Waals surface area contributed by atoms with Crippen molar-refractivity contribution in [2.75, 3.05) is 13.1 Å². The van der Waals surface area contributed by atoms with Crippen molar-refractivity contribution in [2.24, 2.45) is 0 Å². The highest BCUT2D eigenvalue weighted by molar-refractivity contribution is 5.90. The van der Waals surface area contributed by atoms with Gasteiger partial charge in [-0.25, -0.2) is 0 Å². The van der Waals surface area contributed by atoms with Crippen molar-refractivity contribution in [1.29, 1.82) is 5.26 Å². The van der Waals surface area contributed by atoms with E-state index in [4.69, 9.17) is 9.15 Å². The average molecular weight is 347 g/mol. The van der Waals surface area contributed by atoms with Crippen LogP contribution in [-0.2, 0) is 0 Å². The summed E-state index contributed by atoms with van der Waals surface area (Å²) in [6.07, 6.45) is 4.50. The van der Waals surface area contributed by atoms with E-state index < -0.39 is 0 Å². The topological polar surface area (TPSA) is 62.3 Å². The molecule has 2 aromatic heterocycles. The lowest BCUT2D eigenvalue weighted by molar-refractivity contribution is 0.187. The summed E-state index contributed by atoms with van der Waals surface area (Å²) in [4.78, 5) is 6.69. The average Bonchev–Trinajstić information content (AvgIpc) is 3.31. The lowest BCUT2D eigenvalue weighted by atomic mass is 10.0. The van der Waals surface area contributed by atoms with E-state index in [0.717, 1.165) is 41.7 Å². The van der Waals surface area contributed by atoms with Crippen LogP contribution in [0.5, 0.6) is 5.75 Å². The molecule has 0 bridgehead atoms. The summed E-state index contributed by atoms with van der Waals surface area (Å²) in [6.45, 7) is 6.33. The molecule has 3 aromatic rings. The molecule has 0 radical (unpaired) electrons. The van der Waals surface area contributed by atoms with Gasteiger partial charge in [0.2, 0.25) is 0 Å². The van der Waals surface area contributed by atoms with Gasteiger partial charge in [0.05, 0.1) is 11.8 Å². The fourth-order valence-corrected chi connectivity index (χ4v) is 3.49. The van der Waals surface area contributed by atoms with E-state index in [1.165, 1.54) is 0 Å². The number of fused-ring (bicyclic) bond motifs is 1. The lowest BCUT2D eigenvalue weighted by Crippen LogP contribution is -2.30. The Morgan fingerprint density at radius 1 is 1.31 bits per heavy atom. The Morgan fingerprint density at radius 3 is 2.96 bits per heavy atom. The van der Waals surface area contributed by atoms with Crippen LogP contribution in [0.15, 0.2) is 47.2 Å². The first-order chi connectivity index (χ1) is 12.7. The quantitative estimate of drug-likeness (QED) is 0.707. The fraction of sp³-hybridized carbons (Fsp3) is 0.333. The third-order valence-corrected chi connectivity index (χ3v) is 4.96. The largest absolute Gasteiger partial charge is 0.488 e. The molecule has 4 rings (SSSR count). The molecule has 0 spiro atoms. The number of furan rings is 1. The maximum atomic E-state index is 9.60. The highest BCUT2D eigenvalue weighted by Crippen LogP contribution is 2.32. The number of nitrogens with zero attached hydrogens (tertiary/aromatic N) is 3. The smallest absolute Gasteiger partial charge is 0.160 e. The first-order valence-corrected chi connectivity index (χ1v) is 8.93. The highest BCUT2D eigenvalue weighted by Gasteiger charge is 2.26. The predicted molar refractivity (Wildman–Crippen MR) is 99.9 cm³/mol. The summed E-state index contributed by atoms with van der Waals surface area (Å²) >= 11 is 0. The number of aromatic nitrogens is 1. The maximum Gasteiger partial charge on any atom is 0.160 e. The molecule has 3 heterocycles. The van der Waals surface area contributed by atoms with Gasteiger partial charge in [0.15, 0.2) is 5.58 Å². The Kier molecular flexibility index (Phi) is 4.36. The van der Waals surface area contributed by atoms with E-state index in [1.54, 1.807) is 12.5 Å². The molecule has 0 saturated carbocycles. The van der Waals surface area contributed by atoms with Gasteiger partial charge in [-0.05, 0) is 44.0 Å². The zero-order valence-electron chi connectivity index (χ0n) is 15.0. The zero-order valence-corrected chi connectivity index (χ0v) is 15.0. The van der Waals surface area contributed by atoms with Crippen LogP contribution in [0.25, 0.3) is 22.2 Å². The van der Waals surface area contributed by atoms with Gasteiger partial charge in [0.1, 0.15) is 23.4 Å². The number of ether oxygens (including phenoxy) is 1.